The number of aromatic hydroxyl groups is 1. The van der Waals surface area contributed by atoms with Crippen molar-refractivity contribution >= 4 is 0 Å². The molecule has 0 saturated carbocycles. The molecule has 0 amide bonds. The van der Waals surface area contributed by atoms with E-state index in [1.54, 1.807) is 13.2 Å². The third-order valence-corrected chi connectivity index (χ3v) is 4.28. The quantitative estimate of drug-likeness (QED) is 0.758. The van der Waals surface area contributed by atoms with Crippen LogP contribution in [0.2, 0.25) is 0 Å². The molecule has 4 nitrogen and oxygen atoms in total. The molecule has 0 unspecified atom stereocenters. The van der Waals surface area contributed by atoms with Gasteiger partial charge in [-0.1, -0.05) is 13.0 Å². The van der Waals surface area contributed by atoms with Crippen molar-refractivity contribution in [3.8, 4) is 11.5 Å². The Hall–Kier alpha value is -1.26. The topological polar surface area (TPSA) is 44.7 Å². The molecule has 118 valence electrons. The number of hydrogen-bond donors (Lipinski definition) is 2. The summed E-state index contributed by atoms with van der Waals surface area (Å²) in [5.41, 5.74) is 1.14. The first-order valence-corrected chi connectivity index (χ1v) is 7.98. The first-order chi connectivity index (χ1) is 10.2. The lowest BCUT2D eigenvalue weighted by atomic mass is 9.99. The second-order valence-electron chi connectivity index (χ2n) is 6.06. The molecule has 1 aliphatic heterocycles. The summed E-state index contributed by atoms with van der Waals surface area (Å²) in [7, 11) is 1.58. The molecule has 1 aliphatic rings. The van der Waals surface area contributed by atoms with Crippen molar-refractivity contribution < 1.29 is 9.84 Å². The first-order valence-electron chi connectivity index (χ1n) is 7.98. The van der Waals surface area contributed by atoms with Gasteiger partial charge in [0.05, 0.1) is 7.11 Å². The Bertz CT molecular complexity index is 429. The van der Waals surface area contributed by atoms with Gasteiger partial charge >= 0.3 is 0 Å². The van der Waals surface area contributed by atoms with Crippen LogP contribution >= 0.6 is 0 Å². The van der Waals surface area contributed by atoms with Crippen molar-refractivity contribution in [2.75, 3.05) is 33.3 Å². The molecule has 1 aromatic carbocycles. The van der Waals surface area contributed by atoms with E-state index in [0.29, 0.717) is 5.75 Å². The Morgan fingerprint density at radius 1 is 1.33 bits per heavy atom. The molecule has 21 heavy (non-hydrogen) atoms. The third kappa shape index (κ3) is 5.21. The van der Waals surface area contributed by atoms with Crippen molar-refractivity contribution in [2.24, 2.45) is 5.92 Å². The van der Waals surface area contributed by atoms with E-state index in [9.17, 15) is 5.11 Å². The smallest absolute Gasteiger partial charge is 0.160 e. The van der Waals surface area contributed by atoms with Gasteiger partial charge in [-0.25, -0.2) is 0 Å². The van der Waals surface area contributed by atoms with Crippen molar-refractivity contribution in [2.45, 2.75) is 32.7 Å². The van der Waals surface area contributed by atoms with E-state index in [2.05, 4.69) is 17.1 Å². The molecule has 4 heteroatoms. The average Bonchev–Trinajstić information content (AvgIpc) is 2.50. The molecule has 0 spiro atoms. The van der Waals surface area contributed by atoms with Gasteiger partial charge in [0.25, 0.3) is 0 Å². The average molecular weight is 292 g/mol. The highest BCUT2D eigenvalue weighted by Crippen LogP contribution is 2.26. The molecule has 1 aromatic rings. The number of phenols is 1. The van der Waals surface area contributed by atoms with Crippen LogP contribution in [0.4, 0.5) is 0 Å². The maximum Gasteiger partial charge on any atom is 0.160 e. The largest absolute Gasteiger partial charge is 0.504 e. The zero-order valence-corrected chi connectivity index (χ0v) is 13.3. The van der Waals surface area contributed by atoms with Gasteiger partial charge in [0.2, 0.25) is 0 Å². The molecule has 0 atom stereocenters. The molecule has 2 rings (SSSR count). The Morgan fingerprint density at radius 2 is 2.10 bits per heavy atom. The van der Waals surface area contributed by atoms with E-state index in [1.165, 1.54) is 38.9 Å². The summed E-state index contributed by atoms with van der Waals surface area (Å²) in [6.07, 6.45) is 3.88. The summed E-state index contributed by atoms with van der Waals surface area (Å²) in [5, 5.41) is 13.0. The normalized spacial score (nSPS) is 17.0. The highest BCUT2D eigenvalue weighted by Gasteiger charge is 2.14. The summed E-state index contributed by atoms with van der Waals surface area (Å²) in [4.78, 5) is 2.57. The van der Waals surface area contributed by atoms with Crippen LogP contribution in [0.5, 0.6) is 11.5 Å². The fraction of sp³-hybridized carbons (Fsp3) is 0.647. The van der Waals surface area contributed by atoms with Gasteiger partial charge in [0.15, 0.2) is 11.5 Å². The van der Waals surface area contributed by atoms with Gasteiger partial charge in [0.1, 0.15) is 0 Å². The summed E-state index contributed by atoms with van der Waals surface area (Å²) >= 11 is 0. The Balaban J connectivity index is 1.61. The number of methoxy groups -OCH3 is 1. The molecular weight excluding hydrogens is 264 g/mol. The van der Waals surface area contributed by atoms with E-state index in [0.717, 1.165) is 24.6 Å². The van der Waals surface area contributed by atoms with Crippen LogP contribution in [0, 0.1) is 5.92 Å². The number of hydrogen-bond acceptors (Lipinski definition) is 4. The lowest BCUT2D eigenvalue weighted by Gasteiger charge is -2.30. The second kappa shape index (κ2) is 8.25. The van der Waals surface area contributed by atoms with Gasteiger partial charge < -0.3 is 20.1 Å². The minimum Gasteiger partial charge on any atom is -0.504 e. The summed E-state index contributed by atoms with van der Waals surface area (Å²) < 4.78 is 5.12. The van der Waals surface area contributed by atoms with Crippen LogP contribution in [0.3, 0.4) is 0 Å². The van der Waals surface area contributed by atoms with Gasteiger partial charge in [-0.3, -0.25) is 0 Å². The number of rotatable bonds is 7. The van der Waals surface area contributed by atoms with Gasteiger partial charge in [0, 0.05) is 6.54 Å². The van der Waals surface area contributed by atoms with Crippen LogP contribution in [-0.4, -0.2) is 43.3 Å². The van der Waals surface area contributed by atoms with E-state index in [-0.39, 0.29) is 5.75 Å². The summed E-state index contributed by atoms with van der Waals surface area (Å²) in [5.74, 6) is 1.64. The van der Waals surface area contributed by atoms with Crippen LogP contribution in [-0.2, 0) is 6.54 Å². The van der Waals surface area contributed by atoms with E-state index >= 15 is 0 Å². The predicted octanol–water partition coefficient (Wildman–Crippen LogP) is 2.61. The van der Waals surface area contributed by atoms with Gasteiger partial charge in [-0.2, -0.15) is 0 Å². The maximum atomic E-state index is 9.56. The van der Waals surface area contributed by atoms with Crippen LogP contribution in [0.25, 0.3) is 0 Å². The SMILES string of the molecule is COc1cc(CNCCCN2CCC(C)CC2)ccc1O. The van der Waals surface area contributed by atoms with E-state index in [4.69, 9.17) is 4.74 Å². The number of piperidine rings is 1. The molecule has 0 aromatic heterocycles. The molecule has 0 radical (unpaired) electrons. The highest BCUT2D eigenvalue weighted by molar-refractivity contribution is 5.41. The Labute approximate surface area is 128 Å². The van der Waals surface area contributed by atoms with E-state index < -0.39 is 0 Å². The zero-order chi connectivity index (χ0) is 15.1. The first kappa shape index (κ1) is 16.1. The fourth-order valence-corrected chi connectivity index (χ4v) is 2.78. The number of nitrogens with one attached hydrogen (secondary N) is 1. The lowest BCUT2D eigenvalue weighted by Crippen LogP contribution is -2.34. The summed E-state index contributed by atoms with van der Waals surface area (Å²) in [6.45, 7) is 7.90. The van der Waals surface area contributed by atoms with E-state index in [1.807, 2.05) is 12.1 Å². The fourth-order valence-electron chi connectivity index (χ4n) is 2.78. The molecular formula is C17H28N2O2. The third-order valence-electron chi connectivity index (χ3n) is 4.28. The zero-order valence-electron chi connectivity index (χ0n) is 13.3. The number of likely N-dealkylation sites (tertiary alicyclic amines) is 1. The van der Waals surface area contributed by atoms with Crippen LogP contribution in [0.1, 0.15) is 31.7 Å². The molecule has 1 heterocycles. The van der Waals surface area contributed by atoms with Crippen LogP contribution < -0.4 is 10.1 Å². The highest BCUT2D eigenvalue weighted by atomic mass is 16.5. The maximum absolute atomic E-state index is 9.56. The minimum absolute atomic E-state index is 0.195. The predicted molar refractivity (Wildman–Crippen MR) is 85.8 cm³/mol. The molecule has 1 saturated heterocycles. The Morgan fingerprint density at radius 3 is 2.81 bits per heavy atom. The van der Waals surface area contributed by atoms with Gasteiger partial charge in [-0.05, 0) is 69.1 Å². The second-order valence-corrected chi connectivity index (χ2v) is 6.06. The van der Waals surface area contributed by atoms with Crippen molar-refractivity contribution in [1.29, 1.82) is 0 Å². The molecule has 2 N–H and O–H groups in total. The minimum atomic E-state index is 0.195. The number of phenolic OH excluding ortho intramolecular Hbond substituents is 1. The number of ether oxygens (including phenoxy) is 1. The molecule has 0 aliphatic carbocycles. The monoisotopic (exact) mass is 292 g/mol. The summed E-state index contributed by atoms with van der Waals surface area (Å²) in [6, 6.07) is 5.50. The number of nitrogens with zero attached hydrogens (tertiary/aromatic N) is 1. The van der Waals surface area contributed by atoms with Crippen molar-refractivity contribution in [3.05, 3.63) is 23.8 Å². The van der Waals surface area contributed by atoms with Crippen molar-refractivity contribution in [3.63, 3.8) is 0 Å². The Kier molecular flexibility index (Phi) is 6.33. The lowest BCUT2D eigenvalue weighted by molar-refractivity contribution is 0.190. The molecule has 1 fully saturated rings. The standard InChI is InChI=1S/C17H28N2O2/c1-14-6-10-19(11-7-14)9-3-8-18-13-15-4-5-16(20)17(12-15)21-2/h4-5,12,14,18,20H,3,6-11,13H2,1-2H3. The van der Waals surface area contributed by atoms with Gasteiger partial charge in [-0.15, -0.1) is 0 Å². The molecule has 0 bridgehead atoms. The van der Waals surface area contributed by atoms with Crippen LogP contribution in [0.15, 0.2) is 18.2 Å². The van der Waals surface area contributed by atoms with Crippen molar-refractivity contribution in [1.82, 2.24) is 10.2 Å². The number of benzene rings is 1.